The van der Waals surface area contributed by atoms with Crippen LogP contribution in [0.1, 0.15) is 54.6 Å². The molecule has 7 nitrogen and oxygen atoms in total. The van der Waals surface area contributed by atoms with Crippen molar-refractivity contribution in [1.29, 1.82) is 0 Å². The molecule has 2 aliphatic rings. The van der Waals surface area contributed by atoms with Crippen molar-refractivity contribution in [2.45, 2.75) is 57.8 Å². The van der Waals surface area contributed by atoms with E-state index in [1.807, 2.05) is 17.9 Å². The largest absolute Gasteiger partial charge is 0.367 e. The molecule has 1 atom stereocenters. The molecule has 0 aromatic carbocycles. The molecule has 0 amide bonds. The summed E-state index contributed by atoms with van der Waals surface area (Å²) in [5, 5.41) is 8.37. The zero-order chi connectivity index (χ0) is 16.5. The Balaban J connectivity index is 1.28. The number of rotatable bonds is 6. The monoisotopic (exact) mass is 331 g/mol. The molecule has 1 saturated carbocycles. The fourth-order valence-electron chi connectivity index (χ4n) is 3.26. The third-order valence-corrected chi connectivity index (χ3v) is 5.06. The molecule has 0 radical (unpaired) electrons. The van der Waals surface area contributed by atoms with E-state index < -0.39 is 0 Å². The van der Waals surface area contributed by atoms with Gasteiger partial charge < -0.3 is 9.26 Å². The molecule has 1 unspecified atom stereocenters. The fourth-order valence-corrected chi connectivity index (χ4v) is 3.26. The van der Waals surface area contributed by atoms with E-state index in [0.29, 0.717) is 18.4 Å². The molecule has 7 heteroatoms. The van der Waals surface area contributed by atoms with E-state index in [4.69, 9.17) is 9.26 Å². The van der Waals surface area contributed by atoms with Gasteiger partial charge in [-0.25, -0.2) is 0 Å². The average molecular weight is 331 g/mol. The first kappa shape index (κ1) is 15.8. The van der Waals surface area contributed by atoms with Crippen molar-refractivity contribution in [2.75, 3.05) is 13.1 Å². The van der Waals surface area contributed by atoms with Gasteiger partial charge in [-0.3, -0.25) is 9.58 Å². The molecule has 3 heterocycles. The summed E-state index contributed by atoms with van der Waals surface area (Å²) in [4.78, 5) is 6.88. The van der Waals surface area contributed by atoms with Crippen LogP contribution in [0.3, 0.4) is 0 Å². The van der Waals surface area contributed by atoms with Gasteiger partial charge in [-0.05, 0) is 39.2 Å². The molecule has 4 rings (SSSR count). The Morgan fingerprint density at radius 3 is 2.96 bits per heavy atom. The van der Waals surface area contributed by atoms with E-state index in [2.05, 4.69) is 27.1 Å². The average Bonchev–Trinajstić information content (AvgIpc) is 3.26. The first-order chi connectivity index (χ1) is 11.7. The lowest BCUT2D eigenvalue weighted by Crippen LogP contribution is -2.39. The van der Waals surface area contributed by atoms with Crippen LogP contribution in [0.2, 0.25) is 0 Å². The van der Waals surface area contributed by atoms with Crippen LogP contribution < -0.4 is 0 Å². The highest BCUT2D eigenvalue weighted by molar-refractivity contribution is 5.15. The Labute approximate surface area is 142 Å². The molecule has 1 aliphatic carbocycles. The van der Waals surface area contributed by atoms with Gasteiger partial charge >= 0.3 is 0 Å². The summed E-state index contributed by atoms with van der Waals surface area (Å²) < 4.78 is 13.2. The zero-order valence-electron chi connectivity index (χ0n) is 14.4. The van der Waals surface area contributed by atoms with Crippen molar-refractivity contribution in [3.8, 4) is 0 Å². The van der Waals surface area contributed by atoms with E-state index in [1.54, 1.807) is 0 Å². The molecule has 2 aromatic heterocycles. The highest BCUT2D eigenvalue weighted by atomic mass is 16.5. The van der Waals surface area contributed by atoms with Crippen LogP contribution in [0, 0.1) is 6.92 Å². The summed E-state index contributed by atoms with van der Waals surface area (Å²) in [5.41, 5.74) is 2.53. The second kappa shape index (κ2) is 6.64. The van der Waals surface area contributed by atoms with Crippen LogP contribution in [0.4, 0.5) is 0 Å². The second-order valence-electron chi connectivity index (χ2n) is 7.01. The highest BCUT2D eigenvalue weighted by Gasteiger charge is 2.29. The Morgan fingerprint density at radius 1 is 1.33 bits per heavy atom. The number of aromatic nitrogens is 4. The summed E-state index contributed by atoms with van der Waals surface area (Å²) in [6, 6.07) is 0. The van der Waals surface area contributed by atoms with E-state index in [9.17, 15) is 0 Å². The summed E-state index contributed by atoms with van der Waals surface area (Å²) in [6.45, 7) is 5.53. The molecular weight excluding hydrogens is 306 g/mol. The Bertz CT molecular complexity index is 691. The minimum atomic E-state index is 0.229. The zero-order valence-corrected chi connectivity index (χ0v) is 14.4. The number of ether oxygens (including phenoxy) is 1. The lowest BCUT2D eigenvalue weighted by molar-refractivity contribution is -0.0211. The number of hydrogen-bond acceptors (Lipinski definition) is 6. The van der Waals surface area contributed by atoms with Gasteiger partial charge in [-0.2, -0.15) is 10.1 Å². The van der Waals surface area contributed by atoms with Gasteiger partial charge in [0.2, 0.25) is 0 Å². The van der Waals surface area contributed by atoms with Crippen LogP contribution >= 0.6 is 0 Å². The maximum Gasteiger partial charge on any atom is 0.252 e. The smallest absolute Gasteiger partial charge is 0.252 e. The van der Waals surface area contributed by atoms with Crippen molar-refractivity contribution in [3.05, 3.63) is 29.2 Å². The van der Waals surface area contributed by atoms with Crippen molar-refractivity contribution in [3.63, 3.8) is 0 Å². The minimum Gasteiger partial charge on any atom is -0.367 e. The SMILES string of the molecule is Cc1c(CN2CCCC(OCc3nc(C4CC4)no3)C2)cnn1C. The van der Waals surface area contributed by atoms with E-state index >= 15 is 0 Å². The van der Waals surface area contributed by atoms with E-state index in [1.165, 1.54) is 24.1 Å². The van der Waals surface area contributed by atoms with Crippen molar-refractivity contribution in [2.24, 2.45) is 7.05 Å². The lowest BCUT2D eigenvalue weighted by Gasteiger charge is -2.32. The predicted molar refractivity (Wildman–Crippen MR) is 87.3 cm³/mol. The van der Waals surface area contributed by atoms with Gasteiger partial charge in [0, 0.05) is 37.3 Å². The lowest BCUT2D eigenvalue weighted by atomic mass is 10.1. The third-order valence-electron chi connectivity index (χ3n) is 5.06. The quantitative estimate of drug-likeness (QED) is 0.808. The molecule has 24 heavy (non-hydrogen) atoms. The van der Waals surface area contributed by atoms with Crippen LogP contribution in [0.5, 0.6) is 0 Å². The molecule has 0 bridgehead atoms. The summed E-state index contributed by atoms with van der Waals surface area (Å²) in [5.74, 6) is 1.98. The molecule has 1 saturated heterocycles. The van der Waals surface area contributed by atoms with E-state index in [-0.39, 0.29) is 6.10 Å². The first-order valence-electron chi connectivity index (χ1n) is 8.83. The van der Waals surface area contributed by atoms with Crippen molar-refractivity contribution in [1.82, 2.24) is 24.8 Å². The van der Waals surface area contributed by atoms with E-state index in [0.717, 1.165) is 38.3 Å². The van der Waals surface area contributed by atoms with Crippen LogP contribution in [0.15, 0.2) is 10.7 Å². The van der Waals surface area contributed by atoms with Gasteiger partial charge in [0.1, 0.15) is 6.61 Å². The molecular formula is C17H25N5O2. The number of piperidine rings is 1. The minimum absolute atomic E-state index is 0.229. The summed E-state index contributed by atoms with van der Waals surface area (Å²) >= 11 is 0. The molecule has 1 aliphatic heterocycles. The Morgan fingerprint density at radius 2 is 2.21 bits per heavy atom. The first-order valence-corrected chi connectivity index (χ1v) is 8.83. The number of hydrogen-bond donors (Lipinski definition) is 0. The van der Waals surface area contributed by atoms with Gasteiger partial charge in [0.05, 0.1) is 12.3 Å². The highest BCUT2D eigenvalue weighted by Crippen LogP contribution is 2.38. The maximum atomic E-state index is 6.03. The van der Waals surface area contributed by atoms with Gasteiger partial charge in [-0.1, -0.05) is 5.16 Å². The molecule has 0 spiro atoms. The van der Waals surface area contributed by atoms with Crippen molar-refractivity contribution >= 4 is 0 Å². The number of likely N-dealkylation sites (tertiary alicyclic amines) is 1. The third kappa shape index (κ3) is 3.52. The molecule has 2 fully saturated rings. The van der Waals surface area contributed by atoms with Gasteiger partial charge in [0.15, 0.2) is 5.82 Å². The summed E-state index contributed by atoms with van der Waals surface area (Å²) in [6.07, 6.45) is 6.81. The second-order valence-corrected chi connectivity index (χ2v) is 7.01. The van der Waals surface area contributed by atoms with Crippen LogP contribution in [-0.4, -0.2) is 44.0 Å². The van der Waals surface area contributed by atoms with Gasteiger partial charge in [-0.15, -0.1) is 0 Å². The molecule has 2 aromatic rings. The Hall–Kier alpha value is -1.73. The summed E-state index contributed by atoms with van der Waals surface area (Å²) in [7, 11) is 1.99. The molecule has 130 valence electrons. The normalized spacial score (nSPS) is 22.2. The fraction of sp³-hybridized carbons (Fsp3) is 0.706. The van der Waals surface area contributed by atoms with Crippen LogP contribution in [0.25, 0.3) is 0 Å². The predicted octanol–water partition coefficient (Wildman–Crippen LogP) is 2.17. The van der Waals surface area contributed by atoms with Gasteiger partial charge in [0.25, 0.3) is 5.89 Å². The molecule has 0 N–H and O–H groups in total. The Kier molecular flexibility index (Phi) is 4.37. The standard InChI is InChI=1S/C17H25N5O2/c1-12-14(8-18-21(12)2)9-22-7-3-4-15(10-22)23-11-16-19-17(20-24-16)13-5-6-13/h8,13,15H,3-7,9-11H2,1-2H3. The topological polar surface area (TPSA) is 69.2 Å². The van der Waals surface area contributed by atoms with Crippen molar-refractivity contribution < 1.29 is 9.26 Å². The maximum absolute atomic E-state index is 6.03. The van der Waals surface area contributed by atoms with Crippen LogP contribution in [-0.2, 0) is 24.9 Å². The number of aryl methyl sites for hydroxylation is 1. The number of nitrogens with zero attached hydrogens (tertiary/aromatic N) is 5.